The Morgan fingerprint density at radius 3 is 2.58 bits per heavy atom. The molecule has 0 amide bonds. The highest BCUT2D eigenvalue weighted by Gasteiger charge is 2.12. The fourth-order valence-electron chi connectivity index (χ4n) is 0.847. The number of nitrogens with two attached hydrogens (primary N) is 1. The van der Waals surface area contributed by atoms with Crippen LogP contribution in [0.15, 0.2) is 5.38 Å². The maximum Gasteiger partial charge on any atom is 0.338 e. The van der Waals surface area contributed by atoms with Crippen LogP contribution in [0.1, 0.15) is 22.2 Å². The molecule has 0 aliphatic carbocycles. The molecular weight excluding hydrogens is 198 g/mol. The number of hydrogen-bond donors (Lipinski definition) is 2. The Morgan fingerprint density at radius 2 is 2.33 bits per heavy atom. The van der Waals surface area contributed by atoms with Crippen LogP contribution in [0, 0.1) is 0 Å². The van der Waals surface area contributed by atoms with Gasteiger partial charge in [-0.15, -0.1) is 23.7 Å². The molecule has 0 aliphatic rings. The number of aromatic carboxylic acids is 1. The third-order valence-electron chi connectivity index (χ3n) is 1.46. The van der Waals surface area contributed by atoms with Gasteiger partial charge >= 0.3 is 5.97 Å². The summed E-state index contributed by atoms with van der Waals surface area (Å²) in [5.74, 6) is -0.946. The van der Waals surface area contributed by atoms with Crippen molar-refractivity contribution in [3.05, 3.63) is 15.8 Å². The molecule has 0 aliphatic heterocycles. The largest absolute Gasteiger partial charge is 0.478 e. The monoisotopic (exact) mass is 207 g/mol. The summed E-state index contributed by atoms with van der Waals surface area (Å²) >= 11 is 1.40. The van der Waals surface area contributed by atoms with Crippen LogP contribution in [0.25, 0.3) is 0 Å². The number of anilines is 1. The van der Waals surface area contributed by atoms with E-state index in [0.29, 0.717) is 5.69 Å². The van der Waals surface area contributed by atoms with Crippen molar-refractivity contribution in [2.24, 2.45) is 0 Å². The van der Waals surface area contributed by atoms with Crippen LogP contribution in [-0.2, 0) is 6.42 Å². The van der Waals surface area contributed by atoms with Gasteiger partial charge in [0.2, 0.25) is 0 Å². The van der Waals surface area contributed by atoms with E-state index in [9.17, 15) is 4.79 Å². The molecule has 0 aromatic carbocycles. The zero-order valence-electron chi connectivity index (χ0n) is 6.53. The van der Waals surface area contributed by atoms with Crippen molar-refractivity contribution in [3.8, 4) is 0 Å². The molecule has 3 N–H and O–H groups in total. The summed E-state index contributed by atoms with van der Waals surface area (Å²) in [4.78, 5) is 11.4. The van der Waals surface area contributed by atoms with Gasteiger partial charge in [-0.2, -0.15) is 0 Å². The molecule has 68 valence electrons. The standard InChI is InChI=1S/C7H9NO2S.ClH/c1-2-5-6(8)4(3-11-5)7(9)10;/h3H,2,8H2,1H3,(H,9,10);1H. The maximum absolute atomic E-state index is 10.5. The molecule has 0 saturated carbocycles. The predicted octanol–water partition coefficient (Wildman–Crippen LogP) is 2.01. The Bertz CT molecular complexity index is 285. The second-order valence-electron chi connectivity index (χ2n) is 2.14. The summed E-state index contributed by atoms with van der Waals surface area (Å²) < 4.78 is 0. The van der Waals surface area contributed by atoms with Crippen LogP contribution < -0.4 is 5.73 Å². The van der Waals surface area contributed by atoms with Gasteiger partial charge in [0.25, 0.3) is 0 Å². The van der Waals surface area contributed by atoms with Gasteiger partial charge in [0, 0.05) is 10.3 Å². The van der Waals surface area contributed by atoms with Gasteiger partial charge in [-0.3, -0.25) is 0 Å². The van der Waals surface area contributed by atoms with E-state index in [1.165, 1.54) is 11.3 Å². The Labute approximate surface area is 80.6 Å². The first-order chi connectivity index (χ1) is 5.16. The van der Waals surface area contributed by atoms with E-state index in [2.05, 4.69) is 0 Å². The average molecular weight is 208 g/mol. The normalized spacial score (nSPS) is 9.08. The molecule has 0 unspecified atom stereocenters. The molecule has 0 radical (unpaired) electrons. The molecule has 0 bridgehead atoms. The van der Waals surface area contributed by atoms with Crippen LogP contribution in [0.5, 0.6) is 0 Å². The van der Waals surface area contributed by atoms with Crippen molar-refractivity contribution < 1.29 is 9.90 Å². The zero-order valence-corrected chi connectivity index (χ0v) is 8.17. The number of hydrogen-bond acceptors (Lipinski definition) is 3. The van der Waals surface area contributed by atoms with Crippen molar-refractivity contribution >= 4 is 35.4 Å². The van der Waals surface area contributed by atoms with Crippen molar-refractivity contribution in [1.29, 1.82) is 0 Å². The molecule has 0 spiro atoms. The predicted molar refractivity (Wildman–Crippen MR) is 52.3 cm³/mol. The minimum absolute atomic E-state index is 0. The van der Waals surface area contributed by atoms with Gasteiger partial charge in [0.1, 0.15) is 0 Å². The number of rotatable bonds is 2. The fraction of sp³-hybridized carbons (Fsp3) is 0.286. The Kier molecular flexibility index (Phi) is 4.06. The van der Waals surface area contributed by atoms with Gasteiger partial charge in [-0.25, -0.2) is 4.79 Å². The first kappa shape index (κ1) is 11.3. The number of aryl methyl sites for hydroxylation is 1. The highest BCUT2D eigenvalue weighted by atomic mass is 35.5. The van der Waals surface area contributed by atoms with Crippen molar-refractivity contribution in [2.75, 3.05) is 5.73 Å². The molecule has 0 atom stereocenters. The third kappa shape index (κ3) is 1.89. The second-order valence-corrected chi connectivity index (χ2v) is 3.11. The summed E-state index contributed by atoms with van der Waals surface area (Å²) in [6.07, 6.45) is 0.795. The van der Waals surface area contributed by atoms with E-state index in [4.69, 9.17) is 10.8 Å². The quantitative estimate of drug-likeness (QED) is 0.780. The van der Waals surface area contributed by atoms with E-state index >= 15 is 0 Å². The smallest absolute Gasteiger partial charge is 0.338 e. The third-order valence-corrected chi connectivity index (χ3v) is 2.61. The first-order valence-electron chi connectivity index (χ1n) is 3.26. The van der Waals surface area contributed by atoms with Crippen LogP contribution in [-0.4, -0.2) is 11.1 Å². The van der Waals surface area contributed by atoms with Gasteiger partial charge in [0.05, 0.1) is 11.3 Å². The summed E-state index contributed by atoms with van der Waals surface area (Å²) in [6, 6.07) is 0. The highest BCUT2D eigenvalue weighted by Crippen LogP contribution is 2.25. The summed E-state index contributed by atoms with van der Waals surface area (Å²) in [5, 5.41) is 10.2. The number of carbonyl (C=O) groups is 1. The molecule has 5 heteroatoms. The molecular formula is C7H10ClNO2S. The van der Waals surface area contributed by atoms with E-state index in [0.717, 1.165) is 11.3 Å². The van der Waals surface area contributed by atoms with Gasteiger partial charge in [-0.1, -0.05) is 6.92 Å². The van der Waals surface area contributed by atoms with Gasteiger partial charge < -0.3 is 10.8 Å². The first-order valence-corrected chi connectivity index (χ1v) is 4.14. The maximum atomic E-state index is 10.5. The zero-order chi connectivity index (χ0) is 8.43. The van der Waals surface area contributed by atoms with Crippen molar-refractivity contribution in [1.82, 2.24) is 0 Å². The van der Waals surface area contributed by atoms with E-state index in [1.54, 1.807) is 5.38 Å². The van der Waals surface area contributed by atoms with Crippen LogP contribution in [0.4, 0.5) is 5.69 Å². The van der Waals surface area contributed by atoms with Crippen molar-refractivity contribution in [2.45, 2.75) is 13.3 Å². The summed E-state index contributed by atoms with van der Waals surface area (Å²) in [6.45, 7) is 1.95. The fourth-order valence-corrected chi connectivity index (χ4v) is 1.74. The number of carboxylic acids is 1. The molecule has 12 heavy (non-hydrogen) atoms. The Balaban J connectivity index is 0.00000121. The Hall–Kier alpha value is -0.740. The lowest BCUT2D eigenvalue weighted by molar-refractivity contribution is 0.0698. The van der Waals surface area contributed by atoms with Crippen LogP contribution in [0.2, 0.25) is 0 Å². The van der Waals surface area contributed by atoms with Gasteiger partial charge in [0.15, 0.2) is 0 Å². The van der Waals surface area contributed by atoms with Crippen LogP contribution >= 0.6 is 23.7 Å². The number of thiophene rings is 1. The molecule has 0 fully saturated rings. The average Bonchev–Trinajstić information content (AvgIpc) is 2.30. The van der Waals surface area contributed by atoms with E-state index in [1.807, 2.05) is 6.92 Å². The number of halogens is 1. The second kappa shape index (κ2) is 4.33. The molecule has 1 rings (SSSR count). The molecule has 1 aromatic heterocycles. The molecule has 1 aromatic rings. The number of carboxylic acid groups (broad SMARTS) is 1. The SMILES string of the molecule is CCc1scc(C(=O)O)c1N.Cl. The molecule has 1 heterocycles. The Morgan fingerprint density at radius 1 is 1.75 bits per heavy atom. The van der Waals surface area contributed by atoms with E-state index < -0.39 is 5.97 Å². The molecule has 0 saturated heterocycles. The summed E-state index contributed by atoms with van der Waals surface area (Å²) in [5.41, 5.74) is 6.19. The summed E-state index contributed by atoms with van der Waals surface area (Å²) in [7, 11) is 0. The van der Waals surface area contributed by atoms with Crippen molar-refractivity contribution in [3.63, 3.8) is 0 Å². The lowest BCUT2D eigenvalue weighted by Gasteiger charge is -1.93. The lowest BCUT2D eigenvalue weighted by Crippen LogP contribution is -1.99. The lowest BCUT2D eigenvalue weighted by atomic mass is 10.2. The number of nitrogen functional groups attached to an aromatic ring is 1. The highest BCUT2D eigenvalue weighted by molar-refractivity contribution is 7.10. The topological polar surface area (TPSA) is 63.3 Å². The van der Waals surface area contributed by atoms with Gasteiger partial charge in [-0.05, 0) is 6.42 Å². The van der Waals surface area contributed by atoms with E-state index in [-0.39, 0.29) is 18.0 Å². The minimum atomic E-state index is -0.946. The minimum Gasteiger partial charge on any atom is -0.478 e. The van der Waals surface area contributed by atoms with Crippen LogP contribution in [0.3, 0.4) is 0 Å². The molecule has 3 nitrogen and oxygen atoms in total.